The van der Waals surface area contributed by atoms with Crippen LogP contribution in [0.4, 0.5) is 11.8 Å². The first-order chi connectivity index (χ1) is 16.6. The van der Waals surface area contributed by atoms with E-state index in [0.29, 0.717) is 41.0 Å². The van der Waals surface area contributed by atoms with Crippen molar-refractivity contribution in [2.45, 2.75) is 38.3 Å². The van der Waals surface area contributed by atoms with Gasteiger partial charge in [-0.25, -0.2) is 4.98 Å². The minimum absolute atomic E-state index is 0.0507. The Morgan fingerprint density at radius 2 is 1.71 bits per heavy atom. The fourth-order valence-electron chi connectivity index (χ4n) is 4.81. The number of anilines is 2. The second-order valence-corrected chi connectivity index (χ2v) is 9.36. The SMILES string of the molecule is CN(C)c1nc(NC2CCC(CNCc3coc4ccccc4c3=O)CC2)nc2ccccc12. The Labute approximate surface area is 199 Å². The van der Waals surface area contributed by atoms with E-state index >= 15 is 0 Å². The summed E-state index contributed by atoms with van der Waals surface area (Å²) in [4.78, 5) is 24.2. The molecule has 1 aliphatic carbocycles. The standard InChI is InChI=1S/C27H31N5O2/c1-32(2)26-21-7-3-5-9-23(21)30-27(31-26)29-20-13-11-18(12-14-20)15-28-16-19-17-34-24-10-6-4-8-22(24)25(19)33/h3-10,17-18,20,28H,11-16H2,1-2H3,(H,29,30,31). The van der Waals surface area contributed by atoms with E-state index in [2.05, 4.69) is 16.7 Å². The molecule has 2 N–H and O–H groups in total. The first-order valence-corrected chi connectivity index (χ1v) is 12.0. The molecule has 34 heavy (non-hydrogen) atoms. The van der Waals surface area contributed by atoms with E-state index in [1.807, 2.05) is 61.5 Å². The van der Waals surface area contributed by atoms with E-state index < -0.39 is 0 Å². The Hall–Kier alpha value is -3.45. The summed E-state index contributed by atoms with van der Waals surface area (Å²) in [6.45, 7) is 1.43. The van der Waals surface area contributed by atoms with Crippen molar-refractivity contribution in [3.63, 3.8) is 0 Å². The van der Waals surface area contributed by atoms with Gasteiger partial charge in [-0.05, 0) is 62.4 Å². The molecule has 7 heteroatoms. The summed E-state index contributed by atoms with van der Waals surface area (Å²) in [5.41, 5.74) is 2.32. The molecule has 0 amide bonds. The largest absolute Gasteiger partial charge is 0.464 e. The van der Waals surface area contributed by atoms with Gasteiger partial charge in [0.05, 0.1) is 17.2 Å². The number of fused-ring (bicyclic) bond motifs is 2. The van der Waals surface area contributed by atoms with Crippen molar-refractivity contribution >= 4 is 33.6 Å². The quantitative estimate of drug-likeness (QED) is 0.421. The zero-order valence-corrected chi connectivity index (χ0v) is 19.8. The predicted octanol–water partition coefficient (Wildman–Crippen LogP) is 4.56. The maximum Gasteiger partial charge on any atom is 0.225 e. The van der Waals surface area contributed by atoms with Gasteiger partial charge in [-0.3, -0.25) is 4.79 Å². The van der Waals surface area contributed by atoms with Gasteiger partial charge in [-0.2, -0.15) is 4.98 Å². The predicted molar refractivity (Wildman–Crippen MR) is 137 cm³/mol. The van der Waals surface area contributed by atoms with E-state index in [0.717, 1.165) is 48.9 Å². The van der Waals surface area contributed by atoms with Gasteiger partial charge in [0, 0.05) is 37.6 Å². The number of hydrogen-bond acceptors (Lipinski definition) is 7. The monoisotopic (exact) mass is 457 g/mol. The maximum absolute atomic E-state index is 12.7. The smallest absolute Gasteiger partial charge is 0.225 e. The Morgan fingerprint density at radius 3 is 2.50 bits per heavy atom. The first-order valence-electron chi connectivity index (χ1n) is 12.0. The van der Waals surface area contributed by atoms with Crippen LogP contribution in [0.5, 0.6) is 0 Å². The molecule has 4 aromatic rings. The van der Waals surface area contributed by atoms with Crippen molar-refractivity contribution in [1.29, 1.82) is 0 Å². The van der Waals surface area contributed by atoms with Gasteiger partial charge in [-0.15, -0.1) is 0 Å². The number of nitrogens with zero attached hydrogens (tertiary/aromatic N) is 3. The Balaban J connectivity index is 1.15. The summed E-state index contributed by atoms with van der Waals surface area (Å²) in [5, 5.41) is 8.75. The molecule has 7 nitrogen and oxygen atoms in total. The molecule has 0 saturated heterocycles. The van der Waals surface area contributed by atoms with Crippen molar-refractivity contribution in [1.82, 2.24) is 15.3 Å². The van der Waals surface area contributed by atoms with Crippen LogP contribution in [0.25, 0.3) is 21.9 Å². The Bertz CT molecular complexity index is 1340. The molecule has 0 atom stereocenters. The average Bonchev–Trinajstić information content (AvgIpc) is 2.86. The molecule has 0 bridgehead atoms. The average molecular weight is 458 g/mol. The van der Waals surface area contributed by atoms with Gasteiger partial charge in [-0.1, -0.05) is 24.3 Å². The van der Waals surface area contributed by atoms with Crippen molar-refractivity contribution in [2.75, 3.05) is 30.9 Å². The number of benzene rings is 2. The fraction of sp³-hybridized carbons (Fsp3) is 0.370. The van der Waals surface area contributed by atoms with Gasteiger partial charge in [0.2, 0.25) is 5.95 Å². The fourth-order valence-corrected chi connectivity index (χ4v) is 4.81. The van der Waals surface area contributed by atoms with Crippen molar-refractivity contribution in [3.8, 4) is 0 Å². The van der Waals surface area contributed by atoms with E-state index in [-0.39, 0.29) is 5.43 Å². The molecule has 2 heterocycles. The highest BCUT2D eigenvalue weighted by molar-refractivity contribution is 5.90. The third kappa shape index (κ3) is 4.75. The second-order valence-electron chi connectivity index (χ2n) is 9.36. The topological polar surface area (TPSA) is 83.3 Å². The zero-order valence-electron chi connectivity index (χ0n) is 19.8. The lowest BCUT2D eigenvalue weighted by molar-refractivity contribution is 0.323. The minimum Gasteiger partial charge on any atom is -0.464 e. The highest BCUT2D eigenvalue weighted by Gasteiger charge is 2.22. The van der Waals surface area contributed by atoms with Gasteiger partial charge in [0.1, 0.15) is 11.4 Å². The van der Waals surface area contributed by atoms with Gasteiger partial charge >= 0.3 is 0 Å². The Morgan fingerprint density at radius 1 is 0.971 bits per heavy atom. The molecule has 1 fully saturated rings. The molecule has 5 rings (SSSR count). The van der Waals surface area contributed by atoms with Gasteiger partial charge in [0.15, 0.2) is 5.43 Å². The van der Waals surface area contributed by atoms with E-state index in [4.69, 9.17) is 14.4 Å². The molecule has 0 unspecified atom stereocenters. The number of nitrogens with one attached hydrogen (secondary N) is 2. The molecular weight excluding hydrogens is 426 g/mol. The van der Waals surface area contributed by atoms with Crippen LogP contribution in [0.1, 0.15) is 31.2 Å². The van der Waals surface area contributed by atoms with Crippen LogP contribution in [0.3, 0.4) is 0 Å². The van der Waals surface area contributed by atoms with Crippen LogP contribution < -0.4 is 21.0 Å². The van der Waals surface area contributed by atoms with Crippen molar-refractivity contribution < 1.29 is 4.42 Å². The lowest BCUT2D eigenvalue weighted by atomic mass is 9.86. The number of rotatable bonds is 7. The highest BCUT2D eigenvalue weighted by Crippen LogP contribution is 2.28. The second kappa shape index (κ2) is 9.81. The minimum atomic E-state index is 0.0507. The first kappa shape index (κ1) is 22.3. The van der Waals surface area contributed by atoms with Crippen LogP contribution in [-0.2, 0) is 6.54 Å². The summed E-state index contributed by atoms with van der Waals surface area (Å²) in [5.74, 6) is 2.23. The van der Waals surface area contributed by atoms with Crippen LogP contribution in [0.15, 0.2) is 64.0 Å². The third-order valence-corrected chi connectivity index (χ3v) is 6.69. The molecule has 0 spiro atoms. The number of aromatic nitrogens is 2. The summed E-state index contributed by atoms with van der Waals surface area (Å²) in [6, 6.07) is 15.9. The molecule has 1 aliphatic rings. The lowest BCUT2D eigenvalue weighted by Gasteiger charge is -2.29. The molecule has 176 valence electrons. The van der Waals surface area contributed by atoms with E-state index in [1.165, 1.54) is 0 Å². The van der Waals surface area contributed by atoms with Crippen LogP contribution in [-0.4, -0.2) is 36.6 Å². The molecule has 0 aliphatic heterocycles. The van der Waals surface area contributed by atoms with Crippen molar-refractivity contribution in [2.24, 2.45) is 5.92 Å². The van der Waals surface area contributed by atoms with Gasteiger partial charge in [0.25, 0.3) is 0 Å². The van der Waals surface area contributed by atoms with Crippen LogP contribution in [0, 0.1) is 5.92 Å². The normalized spacial score (nSPS) is 18.3. The summed E-state index contributed by atoms with van der Waals surface area (Å²) >= 11 is 0. The molecule has 2 aromatic heterocycles. The Kier molecular flexibility index (Phi) is 6.45. The summed E-state index contributed by atoms with van der Waals surface area (Å²) in [7, 11) is 4.02. The molecule has 2 aromatic carbocycles. The van der Waals surface area contributed by atoms with Gasteiger partial charge < -0.3 is 20.0 Å². The van der Waals surface area contributed by atoms with E-state index in [1.54, 1.807) is 6.26 Å². The lowest BCUT2D eigenvalue weighted by Crippen LogP contribution is -2.32. The van der Waals surface area contributed by atoms with E-state index in [9.17, 15) is 4.79 Å². The third-order valence-electron chi connectivity index (χ3n) is 6.69. The summed E-state index contributed by atoms with van der Waals surface area (Å²) < 4.78 is 5.62. The zero-order chi connectivity index (χ0) is 23.5. The van der Waals surface area contributed by atoms with Crippen molar-refractivity contribution in [3.05, 3.63) is 70.6 Å². The highest BCUT2D eigenvalue weighted by atomic mass is 16.3. The summed E-state index contributed by atoms with van der Waals surface area (Å²) in [6.07, 6.45) is 6.01. The number of hydrogen-bond donors (Lipinski definition) is 2. The van der Waals surface area contributed by atoms with Crippen LogP contribution >= 0.6 is 0 Å². The maximum atomic E-state index is 12.7. The molecule has 0 radical (unpaired) electrons. The van der Waals surface area contributed by atoms with Crippen LogP contribution in [0.2, 0.25) is 0 Å². The molecule has 1 saturated carbocycles. The molecular formula is C27H31N5O2. The number of para-hydroxylation sites is 2.